The summed E-state index contributed by atoms with van der Waals surface area (Å²) in [6.07, 6.45) is 1.38. The fraction of sp³-hybridized carbons (Fsp3) is 0.423. The van der Waals surface area contributed by atoms with Gasteiger partial charge in [-0.15, -0.1) is 0 Å². The van der Waals surface area contributed by atoms with Gasteiger partial charge in [-0.1, -0.05) is 37.3 Å². The number of fused-ring (bicyclic) bond motifs is 1. The van der Waals surface area contributed by atoms with E-state index in [2.05, 4.69) is 60.7 Å². The molecule has 0 radical (unpaired) electrons. The van der Waals surface area contributed by atoms with E-state index >= 15 is 0 Å². The van der Waals surface area contributed by atoms with E-state index in [4.69, 9.17) is 10.8 Å². The van der Waals surface area contributed by atoms with Crippen LogP contribution in [-0.2, 0) is 22.4 Å². The van der Waals surface area contributed by atoms with Crippen LogP contribution >= 0.6 is 0 Å². The number of primary amides is 1. The maximum Gasteiger partial charge on any atom is 0.232 e. The van der Waals surface area contributed by atoms with Crippen LogP contribution in [0.1, 0.15) is 44.5 Å². The molecule has 0 spiro atoms. The van der Waals surface area contributed by atoms with Crippen molar-refractivity contribution in [3.8, 4) is 0 Å². The van der Waals surface area contributed by atoms with E-state index in [9.17, 15) is 9.59 Å². The van der Waals surface area contributed by atoms with Crippen molar-refractivity contribution >= 4 is 28.4 Å². The third kappa shape index (κ3) is 4.87. The molecule has 2 N–H and O–H groups in total. The molecule has 1 fully saturated rings. The molecule has 1 aliphatic rings. The van der Waals surface area contributed by atoms with Crippen molar-refractivity contribution in [2.75, 3.05) is 24.5 Å². The first-order valence-corrected chi connectivity index (χ1v) is 11.7. The van der Waals surface area contributed by atoms with Crippen molar-refractivity contribution in [2.24, 2.45) is 5.73 Å². The van der Waals surface area contributed by atoms with Gasteiger partial charge in [-0.25, -0.2) is 0 Å². The number of aromatic nitrogens is 2. The maximum atomic E-state index is 12.8. The van der Waals surface area contributed by atoms with Gasteiger partial charge >= 0.3 is 0 Å². The van der Waals surface area contributed by atoms with E-state index in [0.717, 1.165) is 29.7 Å². The molecule has 33 heavy (non-hydrogen) atoms. The van der Waals surface area contributed by atoms with Crippen LogP contribution < -0.4 is 10.6 Å². The van der Waals surface area contributed by atoms with E-state index in [1.807, 2.05) is 23.1 Å². The maximum absolute atomic E-state index is 12.8. The third-order valence-corrected chi connectivity index (χ3v) is 6.40. The number of piperazine rings is 1. The zero-order chi connectivity index (χ0) is 23.5. The van der Waals surface area contributed by atoms with Crippen LogP contribution in [0.3, 0.4) is 0 Å². The first kappa shape index (κ1) is 22.8. The summed E-state index contributed by atoms with van der Waals surface area (Å²) in [7, 11) is 0. The van der Waals surface area contributed by atoms with Gasteiger partial charge in [0.2, 0.25) is 11.8 Å². The van der Waals surface area contributed by atoms with Gasteiger partial charge in [0.1, 0.15) is 6.42 Å². The minimum atomic E-state index is -0.583. The zero-order valence-electron chi connectivity index (χ0n) is 19.7. The van der Waals surface area contributed by atoms with Gasteiger partial charge in [0.25, 0.3) is 0 Å². The Hall–Kier alpha value is -3.35. The monoisotopic (exact) mass is 447 g/mol. The highest BCUT2D eigenvalue weighted by Gasteiger charge is 2.31. The Balaban J connectivity index is 1.63. The smallest absolute Gasteiger partial charge is 0.232 e. The molecule has 2 heterocycles. The van der Waals surface area contributed by atoms with Gasteiger partial charge in [0.05, 0.1) is 17.3 Å². The van der Waals surface area contributed by atoms with Crippen molar-refractivity contribution in [3.05, 3.63) is 59.8 Å². The number of hydrogen-bond acceptors (Lipinski definition) is 4. The summed E-state index contributed by atoms with van der Waals surface area (Å²) in [6, 6.07) is 17.0. The lowest BCUT2D eigenvalue weighted by Gasteiger charge is -2.42. The average Bonchev–Trinajstić information content (AvgIpc) is 3.17. The van der Waals surface area contributed by atoms with Gasteiger partial charge < -0.3 is 15.5 Å². The molecule has 4 rings (SSSR count). The Labute approximate surface area is 195 Å². The van der Waals surface area contributed by atoms with Crippen molar-refractivity contribution in [3.63, 3.8) is 0 Å². The van der Waals surface area contributed by atoms with E-state index in [0.29, 0.717) is 19.6 Å². The Kier molecular flexibility index (Phi) is 6.67. The average molecular weight is 448 g/mol. The summed E-state index contributed by atoms with van der Waals surface area (Å²) in [5, 5.41) is 6.03. The second-order valence-electron chi connectivity index (χ2n) is 9.06. The highest BCUT2D eigenvalue weighted by atomic mass is 16.2. The molecule has 1 saturated heterocycles. The number of carbonyl (C=O) groups is 2. The highest BCUT2D eigenvalue weighted by Crippen LogP contribution is 2.29. The van der Waals surface area contributed by atoms with Crippen molar-refractivity contribution in [2.45, 2.75) is 52.1 Å². The van der Waals surface area contributed by atoms with E-state index in [1.165, 1.54) is 10.9 Å². The van der Waals surface area contributed by atoms with Crippen molar-refractivity contribution in [1.82, 2.24) is 14.7 Å². The first-order valence-electron chi connectivity index (χ1n) is 11.7. The number of carbonyl (C=O) groups excluding carboxylic acids is 2. The quantitative estimate of drug-likeness (QED) is 0.563. The summed E-state index contributed by atoms with van der Waals surface area (Å²) in [4.78, 5) is 28.3. The summed E-state index contributed by atoms with van der Waals surface area (Å²) >= 11 is 0. The third-order valence-electron chi connectivity index (χ3n) is 6.40. The van der Waals surface area contributed by atoms with Crippen LogP contribution in [0.15, 0.2) is 48.5 Å². The molecular formula is C26H33N5O2. The Morgan fingerprint density at radius 3 is 2.55 bits per heavy atom. The molecule has 7 heteroatoms. The molecule has 1 unspecified atom stereocenters. The normalized spacial score (nSPS) is 16.5. The number of rotatable bonds is 7. The van der Waals surface area contributed by atoms with Crippen LogP contribution in [0, 0.1) is 0 Å². The molecule has 3 aromatic rings. The van der Waals surface area contributed by atoms with E-state index in [-0.39, 0.29) is 24.4 Å². The Bertz CT molecular complexity index is 1140. The molecule has 0 saturated carbocycles. The van der Waals surface area contributed by atoms with Crippen LogP contribution in [0.4, 0.5) is 5.69 Å². The summed E-state index contributed by atoms with van der Waals surface area (Å²) < 4.78 is 2.10. The molecule has 2 amide bonds. The molecule has 7 nitrogen and oxygen atoms in total. The topological polar surface area (TPSA) is 84.5 Å². The molecule has 2 aromatic carbocycles. The number of amides is 2. The standard InChI is InChI=1S/C26H33N5O2/c1-4-23-22-11-10-20(15-24(22)31(28-23)18(2)3)29-12-13-30(26(33)16-25(27)32)21(17-29)14-19-8-6-5-7-9-19/h5-11,15,18,21H,4,12-14,16-17H2,1-3H3,(H2,27,32). The number of anilines is 1. The van der Waals surface area contributed by atoms with Crippen molar-refractivity contribution in [1.29, 1.82) is 0 Å². The number of aryl methyl sites for hydroxylation is 1. The van der Waals surface area contributed by atoms with Crippen molar-refractivity contribution < 1.29 is 9.59 Å². The van der Waals surface area contributed by atoms with Gasteiger partial charge in [-0.3, -0.25) is 14.3 Å². The molecule has 1 aliphatic heterocycles. The van der Waals surface area contributed by atoms with E-state index in [1.54, 1.807) is 0 Å². The Morgan fingerprint density at radius 2 is 1.88 bits per heavy atom. The van der Waals surface area contributed by atoms with Gasteiger partial charge in [0, 0.05) is 36.7 Å². The summed E-state index contributed by atoms with van der Waals surface area (Å²) in [5.41, 5.74) is 9.88. The number of nitrogens with two attached hydrogens (primary N) is 1. The number of hydrogen-bond donors (Lipinski definition) is 1. The minimum Gasteiger partial charge on any atom is -0.369 e. The molecular weight excluding hydrogens is 414 g/mol. The van der Waals surface area contributed by atoms with Gasteiger partial charge in [-0.05, 0) is 50.5 Å². The van der Waals surface area contributed by atoms with Crippen LogP contribution in [0.25, 0.3) is 10.9 Å². The van der Waals surface area contributed by atoms with E-state index < -0.39 is 5.91 Å². The lowest BCUT2D eigenvalue weighted by Crippen LogP contribution is -2.56. The number of benzene rings is 2. The van der Waals surface area contributed by atoms with Gasteiger partial charge in [-0.2, -0.15) is 5.10 Å². The predicted octanol–water partition coefficient (Wildman–Crippen LogP) is 3.31. The zero-order valence-corrected chi connectivity index (χ0v) is 19.7. The van der Waals surface area contributed by atoms with Crippen LogP contribution in [-0.4, -0.2) is 52.2 Å². The molecule has 0 aliphatic carbocycles. The van der Waals surface area contributed by atoms with Crippen LogP contribution in [0.2, 0.25) is 0 Å². The summed E-state index contributed by atoms with van der Waals surface area (Å²) in [6.45, 7) is 8.40. The minimum absolute atomic E-state index is 0.0371. The molecule has 0 bridgehead atoms. The lowest BCUT2D eigenvalue weighted by atomic mass is 10.0. The SMILES string of the molecule is CCc1nn(C(C)C)c2cc(N3CCN(C(=O)CC(N)=O)C(Cc4ccccc4)C3)ccc12. The highest BCUT2D eigenvalue weighted by molar-refractivity contribution is 5.96. The molecule has 174 valence electrons. The largest absolute Gasteiger partial charge is 0.369 e. The van der Waals surface area contributed by atoms with Crippen LogP contribution in [0.5, 0.6) is 0 Å². The second-order valence-corrected chi connectivity index (χ2v) is 9.06. The molecule has 1 aromatic heterocycles. The second kappa shape index (κ2) is 9.65. The Morgan fingerprint density at radius 1 is 1.12 bits per heavy atom. The number of nitrogens with zero attached hydrogens (tertiary/aromatic N) is 4. The van der Waals surface area contributed by atoms with Gasteiger partial charge in [0.15, 0.2) is 0 Å². The summed E-state index contributed by atoms with van der Waals surface area (Å²) in [5.74, 6) is -0.774. The molecule has 1 atom stereocenters. The first-order chi connectivity index (χ1) is 15.9. The lowest BCUT2D eigenvalue weighted by molar-refractivity contribution is -0.137. The predicted molar refractivity (Wildman–Crippen MR) is 131 cm³/mol. The fourth-order valence-corrected chi connectivity index (χ4v) is 4.77. The fourth-order valence-electron chi connectivity index (χ4n) is 4.77.